The zero-order valence-corrected chi connectivity index (χ0v) is 12.3. The van der Waals surface area contributed by atoms with Crippen molar-refractivity contribution in [3.8, 4) is 23.3 Å². The van der Waals surface area contributed by atoms with Gasteiger partial charge in [-0.3, -0.25) is 0 Å². The van der Waals surface area contributed by atoms with E-state index in [4.69, 9.17) is 21.1 Å². The highest BCUT2D eigenvalue weighted by Crippen LogP contribution is 2.19. The van der Waals surface area contributed by atoms with Crippen molar-refractivity contribution in [1.29, 1.82) is 0 Å². The zero-order valence-electron chi connectivity index (χ0n) is 11.5. The van der Waals surface area contributed by atoms with Gasteiger partial charge in [0, 0.05) is 6.07 Å². The van der Waals surface area contributed by atoms with E-state index >= 15 is 0 Å². The van der Waals surface area contributed by atoms with Gasteiger partial charge in [-0.05, 0) is 29.8 Å². The molecule has 0 unspecified atom stereocenters. The van der Waals surface area contributed by atoms with Crippen molar-refractivity contribution in [3.05, 3.63) is 59.4 Å². The highest BCUT2D eigenvalue weighted by atomic mass is 35.5. The van der Waals surface area contributed by atoms with Crippen molar-refractivity contribution in [2.75, 3.05) is 13.0 Å². The summed E-state index contributed by atoms with van der Waals surface area (Å²) in [6, 6.07) is 12.1. The molecule has 108 valence electrons. The molecular weight excluding hydrogens is 291 g/mol. The van der Waals surface area contributed by atoms with Crippen LogP contribution in [0.15, 0.2) is 42.5 Å². The number of alkyl halides is 1. The lowest BCUT2D eigenvalue weighted by atomic mass is 10.2. The molecule has 0 saturated carbocycles. The van der Waals surface area contributed by atoms with E-state index in [0.29, 0.717) is 17.9 Å². The largest absolute Gasteiger partial charge is 0.497 e. The van der Waals surface area contributed by atoms with Crippen LogP contribution in [0.2, 0.25) is 0 Å². The normalized spacial score (nSPS) is 9.67. The van der Waals surface area contributed by atoms with Crippen LogP contribution in [0.25, 0.3) is 0 Å². The molecule has 2 aromatic carbocycles. The van der Waals surface area contributed by atoms with Gasteiger partial charge < -0.3 is 9.47 Å². The summed E-state index contributed by atoms with van der Waals surface area (Å²) < 4.78 is 24.5. The van der Waals surface area contributed by atoms with Crippen molar-refractivity contribution in [1.82, 2.24) is 0 Å². The fourth-order valence-corrected chi connectivity index (χ4v) is 1.81. The molecule has 0 aliphatic rings. The molecule has 0 radical (unpaired) electrons. The van der Waals surface area contributed by atoms with Crippen LogP contribution in [0.5, 0.6) is 11.5 Å². The number of halogens is 2. The Morgan fingerprint density at radius 3 is 2.71 bits per heavy atom. The second-order valence-electron chi connectivity index (χ2n) is 4.22. The maximum absolute atomic E-state index is 13.8. The van der Waals surface area contributed by atoms with Crippen LogP contribution in [0.4, 0.5) is 4.39 Å². The van der Waals surface area contributed by atoms with Gasteiger partial charge in [0.1, 0.15) is 23.9 Å². The zero-order chi connectivity index (χ0) is 15.1. The van der Waals surface area contributed by atoms with Crippen LogP contribution in [0.3, 0.4) is 0 Å². The monoisotopic (exact) mass is 304 g/mol. The first-order valence-electron chi connectivity index (χ1n) is 6.33. The highest BCUT2D eigenvalue weighted by molar-refractivity contribution is 6.19. The Bertz CT molecular complexity index is 674. The van der Waals surface area contributed by atoms with Crippen LogP contribution in [0, 0.1) is 17.7 Å². The Hall–Kier alpha value is -2.18. The summed E-state index contributed by atoms with van der Waals surface area (Å²) in [6.45, 7) is 0.337. The number of methoxy groups -OCH3 is 1. The first-order valence-corrected chi connectivity index (χ1v) is 6.86. The van der Waals surface area contributed by atoms with Crippen molar-refractivity contribution in [2.24, 2.45) is 0 Å². The molecule has 0 aliphatic carbocycles. The molecule has 0 fully saturated rings. The van der Waals surface area contributed by atoms with Crippen molar-refractivity contribution in [3.63, 3.8) is 0 Å². The van der Waals surface area contributed by atoms with E-state index in [2.05, 4.69) is 11.8 Å². The Balaban J connectivity index is 2.04. The van der Waals surface area contributed by atoms with E-state index in [9.17, 15) is 4.39 Å². The average molecular weight is 305 g/mol. The molecule has 2 aromatic rings. The van der Waals surface area contributed by atoms with Crippen molar-refractivity contribution >= 4 is 11.6 Å². The van der Waals surface area contributed by atoms with Gasteiger partial charge >= 0.3 is 0 Å². The summed E-state index contributed by atoms with van der Waals surface area (Å²) in [7, 11) is 1.61. The molecule has 0 bridgehead atoms. The lowest BCUT2D eigenvalue weighted by molar-refractivity contribution is 0.303. The fraction of sp³-hybridized carbons (Fsp3) is 0.176. The topological polar surface area (TPSA) is 18.5 Å². The SMILES string of the molecule is COc1cccc(COc2ccc(C#CCCl)c(F)c2)c1. The lowest BCUT2D eigenvalue weighted by Gasteiger charge is -2.08. The predicted molar refractivity (Wildman–Crippen MR) is 81.3 cm³/mol. The summed E-state index contributed by atoms with van der Waals surface area (Å²) in [5.74, 6) is 6.23. The van der Waals surface area contributed by atoms with Crippen LogP contribution in [-0.2, 0) is 6.61 Å². The summed E-state index contributed by atoms with van der Waals surface area (Å²) in [5.41, 5.74) is 1.25. The van der Waals surface area contributed by atoms with Crippen LogP contribution in [-0.4, -0.2) is 13.0 Å². The maximum Gasteiger partial charge on any atom is 0.142 e. The molecule has 4 heteroatoms. The highest BCUT2D eigenvalue weighted by Gasteiger charge is 2.03. The molecule has 0 spiro atoms. The Kier molecular flexibility index (Phi) is 5.48. The molecule has 2 rings (SSSR count). The number of hydrogen-bond donors (Lipinski definition) is 0. The molecule has 0 heterocycles. The van der Waals surface area contributed by atoms with Gasteiger partial charge in [-0.2, -0.15) is 0 Å². The molecule has 0 atom stereocenters. The smallest absolute Gasteiger partial charge is 0.142 e. The lowest BCUT2D eigenvalue weighted by Crippen LogP contribution is -1.97. The molecule has 0 amide bonds. The summed E-state index contributed by atoms with van der Waals surface area (Å²) in [5, 5.41) is 0. The van der Waals surface area contributed by atoms with Gasteiger partial charge in [-0.25, -0.2) is 4.39 Å². The van der Waals surface area contributed by atoms with Gasteiger partial charge in [0.2, 0.25) is 0 Å². The standard InChI is InChI=1S/C17H14ClFO2/c1-20-15-6-2-4-13(10-15)12-21-16-8-7-14(5-3-9-18)17(19)11-16/h2,4,6-8,10-11H,9,12H2,1H3. The van der Waals surface area contributed by atoms with Crippen LogP contribution in [0.1, 0.15) is 11.1 Å². The Morgan fingerprint density at radius 2 is 2.00 bits per heavy atom. The maximum atomic E-state index is 13.8. The van der Waals surface area contributed by atoms with E-state index in [1.54, 1.807) is 19.2 Å². The van der Waals surface area contributed by atoms with E-state index in [1.807, 2.05) is 24.3 Å². The minimum atomic E-state index is -0.421. The third-order valence-electron chi connectivity index (χ3n) is 2.77. The second-order valence-corrected chi connectivity index (χ2v) is 4.48. The van der Waals surface area contributed by atoms with E-state index < -0.39 is 5.82 Å². The van der Waals surface area contributed by atoms with Crippen molar-refractivity contribution in [2.45, 2.75) is 6.61 Å². The third kappa shape index (κ3) is 4.40. The Labute approximate surface area is 128 Å². The molecule has 0 saturated heterocycles. The van der Waals surface area contributed by atoms with E-state index in [1.165, 1.54) is 6.07 Å². The number of benzene rings is 2. The molecule has 21 heavy (non-hydrogen) atoms. The first-order chi connectivity index (χ1) is 10.2. The Morgan fingerprint density at radius 1 is 1.14 bits per heavy atom. The van der Waals surface area contributed by atoms with Crippen molar-refractivity contribution < 1.29 is 13.9 Å². The quantitative estimate of drug-likeness (QED) is 0.628. The second kappa shape index (κ2) is 7.56. The number of rotatable bonds is 4. The van der Waals surface area contributed by atoms with E-state index in [0.717, 1.165) is 11.3 Å². The minimum Gasteiger partial charge on any atom is -0.497 e. The molecule has 0 N–H and O–H groups in total. The fourth-order valence-electron chi connectivity index (χ4n) is 1.74. The first kappa shape index (κ1) is 15.2. The summed E-state index contributed by atoms with van der Waals surface area (Å²) >= 11 is 5.45. The molecular formula is C17H14ClFO2. The van der Waals surface area contributed by atoms with Crippen LogP contribution < -0.4 is 9.47 Å². The average Bonchev–Trinajstić information content (AvgIpc) is 2.52. The number of ether oxygens (including phenoxy) is 2. The number of hydrogen-bond acceptors (Lipinski definition) is 2. The molecule has 2 nitrogen and oxygen atoms in total. The van der Waals surface area contributed by atoms with Gasteiger partial charge in [0.15, 0.2) is 0 Å². The van der Waals surface area contributed by atoms with Gasteiger partial charge in [-0.1, -0.05) is 24.0 Å². The van der Waals surface area contributed by atoms with Gasteiger partial charge in [0.25, 0.3) is 0 Å². The third-order valence-corrected chi connectivity index (χ3v) is 2.90. The predicted octanol–water partition coefficient (Wildman–Crippen LogP) is 4.00. The molecule has 0 aliphatic heterocycles. The van der Waals surface area contributed by atoms with Crippen LogP contribution >= 0.6 is 11.6 Å². The minimum absolute atomic E-state index is 0.174. The summed E-state index contributed by atoms with van der Waals surface area (Å²) in [6.07, 6.45) is 0. The van der Waals surface area contributed by atoms with E-state index in [-0.39, 0.29) is 5.88 Å². The van der Waals surface area contributed by atoms with Gasteiger partial charge in [-0.15, -0.1) is 11.6 Å². The summed E-state index contributed by atoms with van der Waals surface area (Å²) in [4.78, 5) is 0. The molecule has 0 aromatic heterocycles. The van der Waals surface area contributed by atoms with Gasteiger partial charge in [0.05, 0.1) is 18.6 Å².